The number of amides is 1. The first-order chi connectivity index (χ1) is 9.31. The third kappa shape index (κ3) is 3.02. The number of carbonyl (C=O) groups is 1. The first-order valence-electron chi connectivity index (χ1n) is 7.37. The van der Waals surface area contributed by atoms with Gasteiger partial charge in [-0.2, -0.15) is 0 Å². The lowest BCUT2D eigenvalue weighted by atomic mass is 9.72. The van der Waals surface area contributed by atoms with Crippen LogP contribution < -0.4 is 10.6 Å². The van der Waals surface area contributed by atoms with E-state index < -0.39 is 0 Å². The van der Waals surface area contributed by atoms with E-state index in [1.54, 1.807) is 11.3 Å². The number of nitrogens with one attached hydrogen (secondary N) is 2. The SMILES string of the molecule is Cl.O=C(NC1CCNC1)C1(c2cccs2)CCCCC1. The van der Waals surface area contributed by atoms with Crippen LogP contribution in [0.3, 0.4) is 0 Å². The molecule has 0 aromatic carbocycles. The van der Waals surface area contributed by atoms with Crippen molar-refractivity contribution in [1.82, 2.24) is 10.6 Å². The summed E-state index contributed by atoms with van der Waals surface area (Å²) in [4.78, 5) is 14.1. The van der Waals surface area contributed by atoms with Crippen LogP contribution in [0.25, 0.3) is 0 Å². The minimum absolute atomic E-state index is 0. The second-order valence-corrected chi connectivity index (χ2v) is 6.73. The van der Waals surface area contributed by atoms with Crippen LogP contribution in [-0.4, -0.2) is 25.0 Å². The van der Waals surface area contributed by atoms with E-state index in [4.69, 9.17) is 0 Å². The standard InChI is InChI=1S/C15H22N2OS.ClH/c18-14(17-12-6-9-16-11-12)15(7-2-1-3-8-15)13-5-4-10-19-13;/h4-5,10,12,16H,1-3,6-9,11H2,(H,17,18);1H. The zero-order valence-electron chi connectivity index (χ0n) is 11.7. The molecular formula is C15H23ClN2OS. The van der Waals surface area contributed by atoms with Crippen molar-refractivity contribution in [2.75, 3.05) is 13.1 Å². The molecule has 20 heavy (non-hydrogen) atoms. The predicted molar refractivity (Wildman–Crippen MR) is 85.7 cm³/mol. The molecule has 0 bridgehead atoms. The summed E-state index contributed by atoms with van der Waals surface area (Å²) in [7, 11) is 0. The maximum absolute atomic E-state index is 12.8. The van der Waals surface area contributed by atoms with Gasteiger partial charge in [0, 0.05) is 17.5 Å². The first kappa shape index (κ1) is 15.8. The van der Waals surface area contributed by atoms with Gasteiger partial charge in [0.1, 0.15) is 0 Å². The number of hydrogen-bond acceptors (Lipinski definition) is 3. The molecule has 1 unspecified atom stereocenters. The molecule has 1 saturated heterocycles. The maximum Gasteiger partial charge on any atom is 0.231 e. The Kier molecular flexibility index (Phi) is 5.47. The van der Waals surface area contributed by atoms with Gasteiger partial charge in [-0.3, -0.25) is 4.79 Å². The normalized spacial score (nSPS) is 24.9. The molecule has 3 nitrogen and oxygen atoms in total. The summed E-state index contributed by atoms with van der Waals surface area (Å²) < 4.78 is 0. The Morgan fingerprint density at radius 2 is 2.15 bits per heavy atom. The third-order valence-electron chi connectivity index (χ3n) is 4.53. The average molecular weight is 315 g/mol. The molecule has 1 amide bonds. The zero-order valence-corrected chi connectivity index (χ0v) is 13.3. The van der Waals surface area contributed by atoms with Crippen LogP contribution in [0.2, 0.25) is 0 Å². The second-order valence-electron chi connectivity index (χ2n) is 5.78. The van der Waals surface area contributed by atoms with Crippen molar-refractivity contribution >= 4 is 29.7 Å². The van der Waals surface area contributed by atoms with E-state index in [9.17, 15) is 4.79 Å². The van der Waals surface area contributed by atoms with Gasteiger partial charge in [-0.15, -0.1) is 23.7 Å². The van der Waals surface area contributed by atoms with E-state index in [2.05, 4.69) is 28.1 Å². The van der Waals surface area contributed by atoms with Gasteiger partial charge in [-0.25, -0.2) is 0 Å². The topological polar surface area (TPSA) is 41.1 Å². The Morgan fingerprint density at radius 3 is 2.75 bits per heavy atom. The van der Waals surface area contributed by atoms with Crippen molar-refractivity contribution in [3.05, 3.63) is 22.4 Å². The van der Waals surface area contributed by atoms with E-state index in [0.717, 1.165) is 32.4 Å². The Morgan fingerprint density at radius 1 is 1.35 bits per heavy atom. The highest BCUT2D eigenvalue weighted by Gasteiger charge is 2.42. The van der Waals surface area contributed by atoms with Crippen molar-refractivity contribution in [3.8, 4) is 0 Å². The molecule has 3 rings (SSSR count). The van der Waals surface area contributed by atoms with Crippen LogP contribution in [0.15, 0.2) is 17.5 Å². The number of halogens is 1. The van der Waals surface area contributed by atoms with Gasteiger partial charge in [-0.1, -0.05) is 25.3 Å². The second kappa shape index (κ2) is 6.92. The molecule has 1 saturated carbocycles. The molecule has 0 radical (unpaired) electrons. The minimum Gasteiger partial charge on any atom is -0.351 e. The predicted octanol–water partition coefficient (Wildman–Crippen LogP) is 2.85. The first-order valence-corrected chi connectivity index (χ1v) is 8.25. The summed E-state index contributed by atoms with van der Waals surface area (Å²) in [5.41, 5.74) is -0.241. The summed E-state index contributed by atoms with van der Waals surface area (Å²) in [5.74, 6) is 0.267. The van der Waals surface area contributed by atoms with Crippen molar-refractivity contribution in [1.29, 1.82) is 0 Å². The van der Waals surface area contributed by atoms with Crippen molar-refractivity contribution < 1.29 is 4.79 Å². The molecule has 112 valence electrons. The summed E-state index contributed by atoms with van der Waals surface area (Å²) in [6.45, 7) is 1.95. The highest BCUT2D eigenvalue weighted by atomic mass is 35.5. The van der Waals surface area contributed by atoms with Gasteiger partial charge in [0.15, 0.2) is 0 Å². The fraction of sp³-hybridized carbons (Fsp3) is 0.667. The van der Waals surface area contributed by atoms with Crippen LogP contribution in [0.4, 0.5) is 0 Å². The highest BCUT2D eigenvalue weighted by molar-refractivity contribution is 7.10. The lowest BCUT2D eigenvalue weighted by Crippen LogP contribution is -2.49. The van der Waals surface area contributed by atoms with E-state index in [1.807, 2.05) is 0 Å². The zero-order chi connectivity index (χ0) is 13.1. The van der Waals surface area contributed by atoms with E-state index in [-0.39, 0.29) is 23.7 Å². The lowest BCUT2D eigenvalue weighted by molar-refractivity contribution is -0.128. The van der Waals surface area contributed by atoms with Crippen LogP contribution in [-0.2, 0) is 10.2 Å². The average Bonchev–Trinajstić information content (AvgIpc) is 3.12. The van der Waals surface area contributed by atoms with Gasteiger partial charge in [0.2, 0.25) is 5.91 Å². The van der Waals surface area contributed by atoms with Gasteiger partial charge in [0.05, 0.1) is 5.41 Å². The molecular weight excluding hydrogens is 292 g/mol. The Labute approximate surface area is 130 Å². The fourth-order valence-corrected chi connectivity index (χ4v) is 4.38. The summed E-state index contributed by atoms with van der Waals surface area (Å²) in [6, 6.07) is 4.54. The monoisotopic (exact) mass is 314 g/mol. The van der Waals surface area contributed by atoms with E-state index in [0.29, 0.717) is 6.04 Å². The minimum atomic E-state index is -0.241. The van der Waals surface area contributed by atoms with Gasteiger partial charge < -0.3 is 10.6 Å². The smallest absolute Gasteiger partial charge is 0.231 e. The van der Waals surface area contributed by atoms with Crippen molar-refractivity contribution in [2.24, 2.45) is 0 Å². The van der Waals surface area contributed by atoms with Gasteiger partial charge in [-0.05, 0) is 37.3 Å². The Bertz CT molecular complexity index is 423. The van der Waals surface area contributed by atoms with Crippen LogP contribution in [0.1, 0.15) is 43.4 Å². The van der Waals surface area contributed by atoms with Crippen molar-refractivity contribution in [2.45, 2.75) is 50.0 Å². The largest absolute Gasteiger partial charge is 0.351 e. The molecule has 1 aromatic rings. The molecule has 2 aliphatic rings. The molecule has 0 spiro atoms. The molecule has 5 heteroatoms. The van der Waals surface area contributed by atoms with Crippen LogP contribution in [0.5, 0.6) is 0 Å². The summed E-state index contributed by atoms with van der Waals surface area (Å²) in [5, 5.41) is 8.69. The van der Waals surface area contributed by atoms with E-state index >= 15 is 0 Å². The van der Waals surface area contributed by atoms with Gasteiger partial charge >= 0.3 is 0 Å². The quantitative estimate of drug-likeness (QED) is 0.901. The summed E-state index contributed by atoms with van der Waals surface area (Å²) >= 11 is 1.74. The number of hydrogen-bond donors (Lipinski definition) is 2. The number of carbonyl (C=O) groups excluding carboxylic acids is 1. The molecule has 1 aliphatic heterocycles. The molecule has 2 N–H and O–H groups in total. The molecule has 1 aliphatic carbocycles. The maximum atomic E-state index is 12.8. The Hall–Kier alpha value is -0.580. The summed E-state index contributed by atoms with van der Waals surface area (Å²) in [6.07, 6.45) is 6.71. The molecule has 2 fully saturated rings. The molecule has 2 heterocycles. The number of rotatable bonds is 3. The molecule has 1 atom stereocenters. The van der Waals surface area contributed by atoms with Gasteiger partial charge in [0.25, 0.3) is 0 Å². The van der Waals surface area contributed by atoms with Crippen molar-refractivity contribution in [3.63, 3.8) is 0 Å². The molecule has 1 aromatic heterocycles. The van der Waals surface area contributed by atoms with Crippen LogP contribution >= 0.6 is 23.7 Å². The highest BCUT2D eigenvalue weighted by Crippen LogP contribution is 2.41. The van der Waals surface area contributed by atoms with E-state index in [1.165, 1.54) is 24.1 Å². The fourth-order valence-electron chi connectivity index (χ4n) is 3.39. The lowest BCUT2D eigenvalue weighted by Gasteiger charge is -2.36. The third-order valence-corrected chi connectivity index (χ3v) is 5.60. The Balaban J connectivity index is 0.00000147. The van der Waals surface area contributed by atoms with Crippen LogP contribution in [0, 0.1) is 0 Å². The number of thiophene rings is 1.